The molecule has 2 heterocycles. The van der Waals surface area contributed by atoms with Crippen LogP contribution in [0.25, 0.3) is 10.9 Å². The van der Waals surface area contributed by atoms with Crippen LogP contribution in [-0.2, 0) is 11.3 Å². The van der Waals surface area contributed by atoms with Crippen molar-refractivity contribution in [3.05, 3.63) is 94.5 Å². The molecule has 2 amide bonds. The second-order valence-electron chi connectivity index (χ2n) is 7.82. The van der Waals surface area contributed by atoms with Crippen LogP contribution in [0.2, 0.25) is 0 Å². The van der Waals surface area contributed by atoms with Gasteiger partial charge >= 0.3 is 0 Å². The zero-order chi connectivity index (χ0) is 25.5. The molecule has 184 valence electrons. The van der Waals surface area contributed by atoms with Crippen molar-refractivity contribution in [2.45, 2.75) is 30.3 Å². The number of thioether (sulfide) groups is 1. The topological polar surface area (TPSA) is 115 Å². The molecule has 0 bridgehead atoms. The fourth-order valence-electron chi connectivity index (χ4n) is 3.45. The maximum atomic E-state index is 13.3. The van der Waals surface area contributed by atoms with E-state index in [0.717, 1.165) is 22.0 Å². The second-order valence-corrected chi connectivity index (χ2v) is 8.99. The third-order valence-electron chi connectivity index (χ3n) is 5.41. The first-order valence-electron chi connectivity index (χ1n) is 11.3. The fraction of sp³-hybridized carbons (Fsp3) is 0.192. The molecule has 1 unspecified atom stereocenters. The minimum atomic E-state index is -0.543. The minimum Gasteiger partial charge on any atom is -0.497 e. The van der Waals surface area contributed by atoms with Crippen LogP contribution in [0.15, 0.2) is 83.0 Å². The maximum absolute atomic E-state index is 13.3. The molecule has 0 saturated heterocycles. The first-order valence-corrected chi connectivity index (χ1v) is 12.2. The van der Waals surface area contributed by atoms with Crippen LogP contribution in [0.1, 0.15) is 29.3 Å². The van der Waals surface area contributed by atoms with Crippen molar-refractivity contribution in [1.82, 2.24) is 20.0 Å². The van der Waals surface area contributed by atoms with E-state index in [-0.39, 0.29) is 11.1 Å². The van der Waals surface area contributed by atoms with Crippen molar-refractivity contribution >= 4 is 34.5 Å². The molecule has 10 heteroatoms. The van der Waals surface area contributed by atoms with Crippen LogP contribution in [0, 0.1) is 0 Å². The van der Waals surface area contributed by atoms with Gasteiger partial charge in [0.25, 0.3) is 11.5 Å². The van der Waals surface area contributed by atoms with Crippen LogP contribution in [-0.4, -0.2) is 38.8 Å². The highest BCUT2D eigenvalue weighted by Crippen LogP contribution is 2.25. The van der Waals surface area contributed by atoms with Gasteiger partial charge in [0.15, 0.2) is 5.16 Å². The van der Waals surface area contributed by atoms with Crippen molar-refractivity contribution in [3.8, 4) is 5.75 Å². The number of para-hydroxylation sites is 1. The van der Waals surface area contributed by atoms with Gasteiger partial charge in [-0.25, -0.2) is 4.98 Å². The molecule has 2 aromatic carbocycles. The molecule has 4 aromatic rings. The number of aromatic nitrogens is 3. The zero-order valence-corrected chi connectivity index (χ0v) is 20.6. The summed E-state index contributed by atoms with van der Waals surface area (Å²) in [6.07, 6.45) is 3.84. The summed E-state index contributed by atoms with van der Waals surface area (Å²) in [5.74, 6) is -0.0926. The van der Waals surface area contributed by atoms with Crippen molar-refractivity contribution < 1.29 is 14.3 Å². The fourth-order valence-corrected chi connectivity index (χ4v) is 4.45. The number of nitrogens with zero attached hydrogens (tertiary/aromatic N) is 3. The molecule has 0 fully saturated rings. The molecule has 2 aromatic heterocycles. The summed E-state index contributed by atoms with van der Waals surface area (Å²) >= 11 is 1.12. The Hall–Kier alpha value is -4.18. The van der Waals surface area contributed by atoms with E-state index in [1.54, 1.807) is 67.0 Å². The van der Waals surface area contributed by atoms with Gasteiger partial charge in [-0.15, -0.1) is 0 Å². The van der Waals surface area contributed by atoms with E-state index in [2.05, 4.69) is 20.7 Å². The number of benzene rings is 2. The Morgan fingerprint density at radius 3 is 2.56 bits per heavy atom. The Morgan fingerprint density at radius 2 is 1.86 bits per heavy atom. The Balaban J connectivity index is 1.62. The van der Waals surface area contributed by atoms with Crippen LogP contribution in [0.3, 0.4) is 0 Å². The summed E-state index contributed by atoms with van der Waals surface area (Å²) in [4.78, 5) is 47.9. The first-order chi connectivity index (χ1) is 17.5. The number of carbonyl (C=O) groups is 2. The molecule has 0 saturated carbocycles. The standard InChI is InChI=1S/C26H25N5O4S/c1-3-22(24(33)28-16-17-7-6-14-27-15-17)36-26-29-21-9-5-4-8-20(21)25(34)31(26)30-23(32)18-10-12-19(35-2)13-11-18/h4-15,22H,3,16H2,1-2H3,(H,28,33)(H,30,32). The smallest absolute Gasteiger partial charge is 0.281 e. The van der Waals surface area contributed by atoms with Crippen molar-refractivity contribution in [2.24, 2.45) is 0 Å². The zero-order valence-electron chi connectivity index (χ0n) is 19.8. The average Bonchev–Trinajstić information content (AvgIpc) is 2.92. The van der Waals surface area contributed by atoms with Crippen molar-refractivity contribution in [2.75, 3.05) is 12.5 Å². The predicted octanol–water partition coefficient (Wildman–Crippen LogP) is 3.37. The van der Waals surface area contributed by atoms with Gasteiger partial charge in [0, 0.05) is 24.5 Å². The average molecular weight is 504 g/mol. The largest absolute Gasteiger partial charge is 0.497 e. The number of pyridine rings is 1. The van der Waals surface area contributed by atoms with Crippen LogP contribution in [0.5, 0.6) is 5.75 Å². The van der Waals surface area contributed by atoms with Gasteiger partial charge in [0.2, 0.25) is 5.91 Å². The maximum Gasteiger partial charge on any atom is 0.281 e. The van der Waals surface area contributed by atoms with Gasteiger partial charge in [0.1, 0.15) is 5.75 Å². The molecular formula is C26H25N5O4S. The normalized spacial score (nSPS) is 11.6. The van der Waals surface area contributed by atoms with E-state index >= 15 is 0 Å². The van der Waals surface area contributed by atoms with Crippen LogP contribution < -0.4 is 21.0 Å². The van der Waals surface area contributed by atoms with E-state index < -0.39 is 16.7 Å². The van der Waals surface area contributed by atoms with E-state index in [1.807, 2.05) is 13.0 Å². The van der Waals surface area contributed by atoms with Gasteiger partial charge in [0.05, 0.1) is 23.3 Å². The summed E-state index contributed by atoms with van der Waals surface area (Å²) in [6.45, 7) is 2.21. The second kappa shape index (κ2) is 11.5. The molecular weight excluding hydrogens is 478 g/mol. The van der Waals surface area contributed by atoms with Crippen molar-refractivity contribution in [1.29, 1.82) is 0 Å². The lowest BCUT2D eigenvalue weighted by molar-refractivity contribution is -0.120. The Kier molecular flexibility index (Phi) is 7.96. The molecule has 2 N–H and O–H groups in total. The van der Waals surface area contributed by atoms with Gasteiger partial charge < -0.3 is 10.1 Å². The third-order valence-corrected chi connectivity index (χ3v) is 6.73. The van der Waals surface area contributed by atoms with Gasteiger partial charge in [-0.05, 0) is 54.4 Å². The van der Waals surface area contributed by atoms with E-state index in [9.17, 15) is 14.4 Å². The summed E-state index contributed by atoms with van der Waals surface area (Å²) in [6, 6.07) is 17.1. The summed E-state index contributed by atoms with van der Waals surface area (Å²) in [5, 5.41) is 2.93. The molecule has 1 atom stereocenters. The van der Waals surface area contributed by atoms with Gasteiger partial charge in [-0.3, -0.25) is 24.8 Å². The van der Waals surface area contributed by atoms with E-state index in [4.69, 9.17) is 4.74 Å². The lowest BCUT2D eigenvalue weighted by atomic mass is 10.2. The molecule has 0 aliphatic rings. The van der Waals surface area contributed by atoms with Crippen molar-refractivity contribution in [3.63, 3.8) is 0 Å². The number of nitrogens with one attached hydrogen (secondary N) is 2. The van der Waals surface area contributed by atoms with E-state index in [1.165, 1.54) is 7.11 Å². The lowest BCUT2D eigenvalue weighted by Gasteiger charge is -2.18. The number of rotatable bonds is 9. The molecule has 36 heavy (non-hydrogen) atoms. The Bertz CT molecular complexity index is 1420. The van der Waals surface area contributed by atoms with Crippen LogP contribution >= 0.6 is 11.8 Å². The monoisotopic (exact) mass is 503 g/mol. The number of methoxy groups -OCH3 is 1. The number of hydrogen-bond donors (Lipinski definition) is 2. The molecule has 9 nitrogen and oxygen atoms in total. The number of amides is 2. The van der Waals surface area contributed by atoms with E-state index in [0.29, 0.717) is 35.2 Å². The molecule has 0 spiro atoms. The van der Waals surface area contributed by atoms with Gasteiger partial charge in [-0.2, -0.15) is 4.68 Å². The SMILES string of the molecule is CCC(Sc1nc2ccccc2c(=O)n1NC(=O)c1ccc(OC)cc1)C(=O)NCc1cccnc1. The summed E-state index contributed by atoms with van der Waals surface area (Å²) < 4.78 is 6.25. The Labute approximate surface area is 211 Å². The first kappa shape index (κ1) is 24.9. The third kappa shape index (κ3) is 5.72. The summed E-state index contributed by atoms with van der Waals surface area (Å²) in [7, 11) is 1.54. The number of carbonyl (C=O) groups excluding carboxylic acids is 2. The summed E-state index contributed by atoms with van der Waals surface area (Å²) in [5.41, 5.74) is 3.91. The lowest BCUT2D eigenvalue weighted by Crippen LogP contribution is -2.37. The molecule has 0 aliphatic heterocycles. The molecule has 0 radical (unpaired) electrons. The Morgan fingerprint density at radius 1 is 1.08 bits per heavy atom. The molecule has 0 aliphatic carbocycles. The number of ether oxygens (including phenoxy) is 1. The highest BCUT2D eigenvalue weighted by molar-refractivity contribution is 8.00. The van der Waals surface area contributed by atoms with Gasteiger partial charge in [-0.1, -0.05) is 36.9 Å². The number of fused-ring (bicyclic) bond motifs is 1. The highest BCUT2D eigenvalue weighted by atomic mass is 32.2. The quantitative estimate of drug-likeness (QED) is 0.266. The minimum absolute atomic E-state index is 0.207. The highest BCUT2D eigenvalue weighted by Gasteiger charge is 2.23. The predicted molar refractivity (Wildman–Crippen MR) is 139 cm³/mol. The number of hydrogen-bond acceptors (Lipinski definition) is 7. The molecule has 4 rings (SSSR count). The van der Waals surface area contributed by atoms with Crippen LogP contribution in [0.4, 0.5) is 0 Å².